The van der Waals surface area contributed by atoms with Crippen molar-refractivity contribution in [1.29, 1.82) is 0 Å². The van der Waals surface area contributed by atoms with E-state index in [0.29, 0.717) is 17.0 Å². The standard InChI is InChI=1S/C28H38FN3O3S/c1-19(23-9-7-8-10-24(23)29)30-26-31-36(33,34)25(28(5,6)35-26)22-13-11-20(12-14-22)21-15-17-32(18-16-21)27(2,3)4/h7-14,19,21,25H,15-18H2,1-6H3,(H,30,31)/t19-,25?/m0/s1. The summed E-state index contributed by atoms with van der Waals surface area (Å²) in [5.41, 5.74) is 1.39. The quantitative estimate of drug-likeness (QED) is 0.568. The molecule has 2 fully saturated rings. The molecule has 0 radical (unpaired) electrons. The molecule has 196 valence electrons. The Morgan fingerprint density at radius 2 is 1.64 bits per heavy atom. The normalized spacial score (nSPS) is 24.6. The van der Waals surface area contributed by atoms with Crippen molar-refractivity contribution in [1.82, 2.24) is 9.62 Å². The Morgan fingerprint density at radius 3 is 2.19 bits per heavy atom. The van der Waals surface area contributed by atoms with Gasteiger partial charge in [-0.15, -0.1) is 0 Å². The summed E-state index contributed by atoms with van der Waals surface area (Å²) < 4.78 is 49.4. The number of nitrogens with one attached hydrogen (secondary N) is 1. The van der Waals surface area contributed by atoms with Gasteiger partial charge in [0.25, 0.3) is 6.02 Å². The molecule has 1 unspecified atom stereocenters. The van der Waals surface area contributed by atoms with Crippen molar-refractivity contribution in [2.75, 3.05) is 13.1 Å². The van der Waals surface area contributed by atoms with E-state index < -0.39 is 32.7 Å². The van der Waals surface area contributed by atoms with Crippen LogP contribution in [0.5, 0.6) is 0 Å². The lowest BCUT2D eigenvalue weighted by Crippen LogP contribution is -2.53. The van der Waals surface area contributed by atoms with E-state index in [1.165, 1.54) is 11.6 Å². The summed E-state index contributed by atoms with van der Waals surface area (Å²) in [5, 5.41) is -0.912. The van der Waals surface area contributed by atoms with E-state index in [1.807, 2.05) is 12.1 Å². The van der Waals surface area contributed by atoms with Gasteiger partial charge in [-0.25, -0.2) is 22.5 Å². The van der Waals surface area contributed by atoms with E-state index >= 15 is 0 Å². The third kappa shape index (κ3) is 5.59. The first-order valence-corrected chi connectivity index (χ1v) is 14.2. The van der Waals surface area contributed by atoms with Crippen molar-refractivity contribution in [3.8, 4) is 0 Å². The molecule has 2 aromatic carbocycles. The van der Waals surface area contributed by atoms with E-state index in [4.69, 9.17) is 4.74 Å². The van der Waals surface area contributed by atoms with Crippen LogP contribution in [0.3, 0.4) is 0 Å². The van der Waals surface area contributed by atoms with Crippen molar-refractivity contribution < 1.29 is 17.5 Å². The number of ether oxygens (including phenoxy) is 1. The number of aliphatic imine (C=N–C) groups is 1. The molecule has 2 aromatic rings. The fourth-order valence-corrected chi connectivity index (χ4v) is 7.16. The number of hydrogen-bond donors (Lipinski definition) is 1. The average Bonchev–Trinajstić information content (AvgIpc) is 2.77. The zero-order valence-electron chi connectivity index (χ0n) is 22.1. The molecular formula is C28H38FN3O3S. The molecule has 0 aliphatic carbocycles. The summed E-state index contributed by atoms with van der Waals surface area (Å²) in [4.78, 5) is 6.86. The summed E-state index contributed by atoms with van der Waals surface area (Å²) in [6.45, 7) is 14.1. The van der Waals surface area contributed by atoms with Gasteiger partial charge in [-0.3, -0.25) is 4.90 Å². The monoisotopic (exact) mass is 515 g/mol. The Labute approximate surface area is 215 Å². The van der Waals surface area contributed by atoms with Crippen LogP contribution in [-0.4, -0.2) is 43.6 Å². The fourth-order valence-electron chi connectivity index (χ4n) is 5.40. The highest BCUT2D eigenvalue weighted by atomic mass is 32.2. The summed E-state index contributed by atoms with van der Waals surface area (Å²) in [6.07, 6.45) is 2.18. The van der Waals surface area contributed by atoms with Crippen LogP contribution in [0, 0.1) is 5.82 Å². The molecule has 0 spiro atoms. The predicted octanol–water partition coefficient (Wildman–Crippen LogP) is 5.69. The Bertz CT molecular complexity index is 1210. The second-order valence-corrected chi connectivity index (χ2v) is 13.2. The highest BCUT2D eigenvalue weighted by Gasteiger charge is 2.48. The Balaban J connectivity index is 1.51. The lowest BCUT2D eigenvalue weighted by molar-refractivity contribution is 0.0761. The van der Waals surface area contributed by atoms with Crippen molar-refractivity contribution in [3.63, 3.8) is 0 Å². The number of sulfonamides is 1. The number of piperidine rings is 1. The van der Waals surface area contributed by atoms with E-state index in [-0.39, 0.29) is 11.6 Å². The van der Waals surface area contributed by atoms with Gasteiger partial charge in [-0.1, -0.05) is 42.5 Å². The van der Waals surface area contributed by atoms with E-state index in [2.05, 4.69) is 47.5 Å². The lowest BCUT2D eigenvalue weighted by atomic mass is 9.86. The summed E-state index contributed by atoms with van der Waals surface area (Å²) in [5.74, 6) is 0.0796. The predicted molar refractivity (Wildman–Crippen MR) is 142 cm³/mol. The zero-order chi connectivity index (χ0) is 26.3. The molecule has 0 bridgehead atoms. The lowest BCUT2D eigenvalue weighted by Gasteiger charge is -2.41. The third-order valence-corrected chi connectivity index (χ3v) is 9.27. The van der Waals surface area contributed by atoms with Gasteiger partial charge in [0.15, 0.2) is 0 Å². The van der Waals surface area contributed by atoms with Crippen LogP contribution in [0.1, 0.15) is 88.3 Å². The molecular weight excluding hydrogens is 477 g/mol. The van der Waals surface area contributed by atoms with Gasteiger partial charge in [-0.2, -0.15) is 0 Å². The van der Waals surface area contributed by atoms with Gasteiger partial charge < -0.3 is 4.74 Å². The highest BCUT2D eigenvalue weighted by molar-refractivity contribution is 7.90. The number of halogens is 1. The van der Waals surface area contributed by atoms with E-state index in [0.717, 1.165) is 25.9 Å². The van der Waals surface area contributed by atoms with Crippen LogP contribution in [0.25, 0.3) is 0 Å². The SMILES string of the molecule is C[C@H](N=C1NS(=O)(=O)C(c2ccc(C3CCN(C(C)(C)C)CC3)cc2)C(C)(C)O1)c1ccccc1F. The number of likely N-dealkylation sites (tertiary alicyclic amines) is 1. The summed E-state index contributed by atoms with van der Waals surface area (Å²) in [6, 6.07) is 13.5. The number of hydrogen-bond acceptors (Lipinski definition) is 5. The molecule has 2 aliphatic heterocycles. The maximum atomic E-state index is 14.2. The molecule has 2 heterocycles. The third-order valence-electron chi connectivity index (χ3n) is 7.35. The van der Waals surface area contributed by atoms with Gasteiger partial charge >= 0.3 is 0 Å². The van der Waals surface area contributed by atoms with Crippen molar-refractivity contribution >= 4 is 16.0 Å². The number of rotatable bonds is 4. The second-order valence-electron chi connectivity index (χ2n) is 11.5. The average molecular weight is 516 g/mol. The first-order chi connectivity index (χ1) is 16.8. The second kappa shape index (κ2) is 9.78. The minimum absolute atomic E-state index is 0.116. The Morgan fingerprint density at radius 1 is 1.06 bits per heavy atom. The van der Waals surface area contributed by atoms with E-state index in [1.54, 1.807) is 39.0 Å². The first kappa shape index (κ1) is 26.6. The molecule has 36 heavy (non-hydrogen) atoms. The molecule has 4 rings (SSSR count). The molecule has 2 saturated heterocycles. The van der Waals surface area contributed by atoms with Gasteiger partial charge in [-0.05, 0) is 90.6 Å². The van der Waals surface area contributed by atoms with Crippen LogP contribution in [0.2, 0.25) is 0 Å². The minimum atomic E-state index is -3.84. The van der Waals surface area contributed by atoms with Crippen molar-refractivity contribution in [2.24, 2.45) is 4.99 Å². The van der Waals surface area contributed by atoms with Gasteiger partial charge in [0, 0.05) is 11.1 Å². The molecule has 2 atom stereocenters. The maximum absolute atomic E-state index is 14.2. The smallest absolute Gasteiger partial charge is 0.299 e. The maximum Gasteiger partial charge on any atom is 0.299 e. The summed E-state index contributed by atoms with van der Waals surface area (Å²) in [7, 11) is -3.84. The molecule has 0 aromatic heterocycles. The number of benzene rings is 2. The van der Waals surface area contributed by atoms with Crippen LogP contribution in [-0.2, 0) is 14.8 Å². The van der Waals surface area contributed by atoms with Crippen LogP contribution < -0.4 is 4.72 Å². The van der Waals surface area contributed by atoms with Gasteiger partial charge in [0.05, 0.1) is 6.04 Å². The number of nitrogens with zero attached hydrogens (tertiary/aromatic N) is 2. The number of amidine groups is 1. The molecule has 0 amide bonds. The molecule has 1 N–H and O–H groups in total. The van der Waals surface area contributed by atoms with E-state index in [9.17, 15) is 12.8 Å². The Kier molecular flexibility index (Phi) is 7.23. The molecule has 6 nitrogen and oxygen atoms in total. The minimum Gasteiger partial charge on any atom is -0.457 e. The molecule has 8 heteroatoms. The van der Waals surface area contributed by atoms with Gasteiger partial charge in [0.1, 0.15) is 16.7 Å². The zero-order valence-corrected chi connectivity index (χ0v) is 22.9. The van der Waals surface area contributed by atoms with Crippen LogP contribution in [0.15, 0.2) is 53.5 Å². The fraction of sp³-hybridized carbons (Fsp3) is 0.536. The highest BCUT2D eigenvalue weighted by Crippen LogP contribution is 2.40. The van der Waals surface area contributed by atoms with Gasteiger partial charge in [0.2, 0.25) is 10.0 Å². The molecule has 2 aliphatic rings. The van der Waals surface area contributed by atoms with Crippen molar-refractivity contribution in [3.05, 3.63) is 71.0 Å². The largest absolute Gasteiger partial charge is 0.457 e. The van der Waals surface area contributed by atoms with Crippen molar-refractivity contribution in [2.45, 2.75) is 82.7 Å². The van der Waals surface area contributed by atoms with Crippen LogP contribution >= 0.6 is 0 Å². The van der Waals surface area contributed by atoms with Crippen LogP contribution in [0.4, 0.5) is 4.39 Å². The first-order valence-electron chi connectivity index (χ1n) is 12.7. The summed E-state index contributed by atoms with van der Waals surface area (Å²) >= 11 is 0. The molecule has 0 saturated carbocycles. The Hall–Kier alpha value is -2.45. The topological polar surface area (TPSA) is 71.0 Å².